The Labute approximate surface area is 112 Å². The van der Waals surface area contributed by atoms with Crippen LogP contribution in [0.15, 0.2) is 24.5 Å². The lowest BCUT2D eigenvalue weighted by Gasteiger charge is -2.01. The number of hydrogen-bond donors (Lipinski definition) is 1. The first-order chi connectivity index (χ1) is 8.79. The summed E-state index contributed by atoms with van der Waals surface area (Å²) in [5.74, 6) is 0. The van der Waals surface area contributed by atoms with E-state index in [-0.39, 0.29) is 0 Å². The highest BCUT2D eigenvalue weighted by molar-refractivity contribution is 6.30. The fraction of sp³-hybridized carbons (Fsp3) is 0.462. The number of imidazole rings is 1. The second kappa shape index (κ2) is 6.73. The van der Waals surface area contributed by atoms with E-state index in [1.807, 2.05) is 28.9 Å². The van der Waals surface area contributed by atoms with Crippen LogP contribution in [-0.2, 0) is 11.3 Å². The van der Waals surface area contributed by atoms with Gasteiger partial charge < -0.3 is 14.5 Å². The molecule has 1 N–H and O–H groups in total. The van der Waals surface area contributed by atoms with Crippen molar-refractivity contribution in [3.8, 4) is 0 Å². The Kier molecular flexibility index (Phi) is 4.99. The van der Waals surface area contributed by atoms with Crippen molar-refractivity contribution in [1.29, 1.82) is 0 Å². The van der Waals surface area contributed by atoms with E-state index in [0.29, 0.717) is 0 Å². The number of unbranched alkanes of at least 4 members (excludes halogenated alkanes) is 1. The number of pyridine rings is 1. The molecule has 0 bridgehead atoms. The molecule has 0 radical (unpaired) electrons. The summed E-state index contributed by atoms with van der Waals surface area (Å²) in [7, 11) is 1.73. The summed E-state index contributed by atoms with van der Waals surface area (Å²) in [6.07, 6.45) is 6.08. The van der Waals surface area contributed by atoms with E-state index in [1.165, 1.54) is 0 Å². The molecule has 0 aliphatic rings. The van der Waals surface area contributed by atoms with Crippen LogP contribution in [0.3, 0.4) is 0 Å². The van der Waals surface area contributed by atoms with Crippen LogP contribution in [0.5, 0.6) is 0 Å². The molecule has 2 rings (SSSR count). The highest BCUT2D eigenvalue weighted by Crippen LogP contribution is 2.11. The van der Waals surface area contributed by atoms with E-state index in [0.717, 1.165) is 48.9 Å². The molecule has 0 fully saturated rings. The standard InChI is InChI=1S/C13H18ClN3O/c1-18-7-3-2-6-15-8-12-10-17-9-11(14)4-5-13(17)16-12/h4-5,9-10,15H,2-3,6-8H2,1H3. The average molecular weight is 268 g/mol. The van der Waals surface area contributed by atoms with Gasteiger partial charge in [0.15, 0.2) is 0 Å². The molecular weight excluding hydrogens is 250 g/mol. The van der Waals surface area contributed by atoms with Gasteiger partial charge in [0.2, 0.25) is 0 Å². The number of fused-ring (bicyclic) bond motifs is 1. The summed E-state index contributed by atoms with van der Waals surface area (Å²) >= 11 is 5.93. The van der Waals surface area contributed by atoms with Gasteiger partial charge in [-0.2, -0.15) is 0 Å². The smallest absolute Gasteiger partial charge is 0.137 e. The average Bonchev–Trinajstić information content (AvgIpc) is 2.75. The van der Waals surface area contributed by atoms with Crippen molar-refractivity contribution in [2.75, 3.05) is 20.3 Å². The third kappa shape index (κ3) is 3.70. The molecule has 0 aliphatic heterocycles. The molecule has 0 atom stereocenters. The predicted octanol–water partition coefficient (Wildman–Crippen LogP) is 2.50. The molecule has 18 heavy (non-hydrogen) atoms. The number of methoxy groups -OCH3 is 1. The zero-order valence-corrected chi connectivity index (χ0v) is 11.3. The topological polar surface area (TPSA) is 38.6 Å². The van der Waals surface area contributed by atoms with Gasteiger partial charge in [0.1, 0.15) is 5.65 Å². The molecule has 2 heterocycles. The summed E-state index contributed by atoms with van der Waals surface area (Å²) in [6.45, 7) is 2.60. The third-order valence-corrected chi connectivity index (χ3v) is 2.95. The fourth-order valence-corrected chi connectivity index (χ4v) is 1.98. The quantitative estimate of drug-likeness (QED) is 0.784. The Bertz CT molecular complexity index is 498. The third-order valence-electron chi connectivity index (χ3n) is 2.72. The first-order valence-electron chi connectivity index (χ1n) is 6.12. The second-order valence-corrected chi connectivity index (χ2v) is 4.66. The van der Waals surface area contributed by atoms with Gasteiger partial charge in [0.25, 0.3) is 0 Å². The van der Waals surface area contributed by atoms with E-state index in [1.54, 1.807) is 7.11 Å². The van der Waals surface area contributed by atoms with Crippen LogP contribution in [-0.4, -0.2) is 29.6 Å². The highest BCUT2D eigenvalue weighted by Gasteiger charge is 2.01. The van der Waals surface area contributed by atoms with Crippen molar-refractivity contribution in [2.24, 2.45) is 0 Å². The molecule has 4 nitrogen and oxygen atoms in total. The maximum Gasteiger partial charge on any atom is 0.137 e. The van der Waals surface area contributed by atoms with Crippen LogP contribution >= 0.6 is 11.6 Å². The maximum absolute atomic E-state index is 5.93. The monoisotopic (exact) mass is 267 g/mol. The lowest BCUT2D eigenvalue weighted by atomic mass is 10.3. The van der Waals surface area contributed by atoms with E-state index >= 15 is 0 Å². The van der Waals surface area contributed by atoms with Crippen LogP contribution in [0.25, 0.3) is 5.65 Å². The number of rotatable bonds is 7. The number of nitrogens with zero attached hydrogens (tertiary/aromatic N) is 2. The zero-order valence-electron chi connectivity index (χ0n) is 10.5. The van der Waals surface area contributed by atoms with Crippen LogP contribution in [0.2, 0.25) is 5.02 Å². The Balaban J connectivity index is 1.81. The van der Waals surface area contributed by atoms with Gasteiger partial charge in [-0.05, 0) is 31.5 Å². The molecule has 0 aromatic carbocycles. The molecule has 0 saturated carbocycles. The van der Waals surface area contributed by atoms with Gasteiger partial charge in [0.05, 0.1) is 10.7 Å². The van der Waals surface area contributed by atoms with E-state index in [2.05, 4.69) is 10.3 Å². The predicted molar refractivity (Wildman–Crippen MR) is 73.0 cm³/mol. The lowest BCUT2D eigenvalue weighted by molar-refractivity contribution is 0.192. The maximum atomic E-state index is 5.93. The van der Waals surface area contributed by atoms with Gasteiger partial charge >= 0.3 is 0 Å². The van der Waals surface area contributed by atoms with Crippen molar-refractivity contribution in [1.82, 2.24) is 14.7 Å². The summed E-state index contributed by atoms with van der Waals surface area (Å²) in [6, 6.07) is 3.77. The molecule has 0 spiro atoms. The molecule has 5 heteroatoms. The van der Waals surface area contributed by atoms with Crippen LogP contribution in [0.4, 0.5) is 0 Å². The second-order valence-electron chi connectivity index (χ2n) is 4.22. The number of hydrogen-bond acceptors (Lipinski definition) is 3. The first-order valence-corrected chi connectivity index (χ1v) is 6.50. The molecule has 0 saturated heterocycles. The van der Waals surface area contributed by atoms with Gasteiger partial charge in [-0.25, -0.2) is 4.98 Å². The molecule has 0 aliphatic carbocycles. The van der Waals surface area contributed by atoms with Crippen molar-refractivity contribution in [3.63, 3.8) is 0 Å². The van der Waals surface area contributed by atoms with Gasteiger partial charge in [0, 0.05) is 32.7 Å². The Hall–Kier alpha value is -1.10. The molecule has 2 aromatic rings. The summed E-state index contributed by atoms with van der Waals surface area (Å²) in [4.78, 5) is 4.50. The SMILES string of the molecule is COCCCCNCc1cn2cc(Cl)ccc2n1. The summed E-state index contributed by atoms with van der Waals surface area (Å²) in [5, 5.41) is 4.09. The normalized spacial score (nSPS) is 11.2. The number of ether oxygens (including phenoxy) is 1. The minimum Gasteiger partial charge on any atom is -0.385 e. The molecule has 0 amide bonds. The van der Waals surface area contributed by atoms with Crippen molar-refractivity contribution in [3.05, 3.63) is 35.2 Å². The van der Waals surface area contributed by atoms with E-state index in [4.69, 9.17) is 16.3 Å². The Morgan fingerprint density at radius 3 is 3.06 bits per heavy atom. The molecular formula is C13H18ClN3O. The van der Waals surface area contributed by atoms with E-state index < -0.39 is 0 Å². The van der Waals surface area contributed by atoms with Crippen LogP contribution in [0.1, 0.15) is 18.5 Å². The number of nitrogens with one attached hydrogen (secondary N) is 1. The number of aromatic nitrogens is 2. The molecule has 98 valence electrons. The number of halogens is 1. The largest absolute Gasteiger partial charge is 0.385 e. The van der Waals surface area contributed by atoms with E-state index in [9.17, 15) is 0 Å². The summed E-state index contributed by atoms with van der Waals surface area (Å²) < 4.78 is 6.95. The Morgan fingerprint density at radius 2 is 2.22 bits per heavy atom. The lowest BCUT2D eigenvalue weighted by Crippen LogP contribution is -2.15. The van der Waals surface area contributed by atoms with Gasteiger partial charge in [-0.3, -0.25) is 0 Å². The van der Waals surface area contributed by atoms with Gasteiger partial charge in [-0.15, -0.1) is 0 Å². The molecule has 2 aromatic heterocycles. The van der Waals surface area contributed by atoms with Crippen LogP contribution < -0.4 is 5.32 Å². The van der Waals surface area contributed by atoms with Crippen molar-refractivity contribution < 1.29 is 4.74 Å². The minimum atomic E-state index is 0.721. The van der Waals surface area contributed by atoms with Crippen LogP contribution in [0, 0.1) is 0 Å². The molecule has 0 unspecified atom stereocenters. The van der Waals surface area contributed by atoms with Gasteiger partial charge in [-0.1, -0.05) is 11.6 Å². The minimum absolute atomic E-state index is 0.721. The zero-order chi connectivity index (χ0) is 12.8. The summed E-state index contributed by atoms with van der Waals surface area (Å²) in [5.41, 5.74) is 1.96. The van der Waals surface area contributed by atoms with Crippen molar-refractivity contribution >= 4 is 17.2 Å². The fourth-order valence-electron chi connectivity index (χ4n) is 1.82. The first kappa shape index (κ1) is 13.3. The Morgan fingerprint density at radius 1 is 1.33 bits per heavy atom. The van der Waals surface area contributed by atoms with Crippen molar-refractivity contribution in [2.45, 2.75) is 19.4 Å². The highest BCUT2D eigenvalue weighted by atomic mass is 35.5.